The summed E-state index contributed by atoms with van der Waals surface area (Å²) in [6, 6.07) is 0. The molecular weight excluding hydrogens is 216 g/mol. The van der Waals surface area contributed by atoms with E-state index in [0.29, 0.717) is 0 Å². The zero-order valence-corrected chi connectivity index (χ0v) is 10.1. The quantitative estimate of drug-likeness (QED) is 0.676. The normalized spacial score (nSPS) is 23.7. The van der Waals surface area contributed by atoms with Gasteiger partial charge in [-0.3, -0.25) is 0 Å². The number of nitrogens with one attached hydrogen (secondary N) is 1. The second-order valence-corrected chi connectivity index (χ2v) is 6.29. The fourth-order valence-corrected chi connectivity index (χ4v) is 2.83. The number of rotatable bonds is 4. The van der Waals surface area contributed by atoms with Crippen LogP contribution in [0.4, 0.5) is 0 Å². The summed E-state index contributed by atoms with van der Waals surface area (Å²) in [7, 11) is -1.71. The van der Waals surface area contributed by atoms with E-state index >= 15 is 0 Å². The van der Waals surface area contributed by atoms with Crippen molar-refractivity contribution >= 4 is 9.84 Å². The van der Waals surface area contributed by atoms with Crippen molar-refractivity contribution < 1.29 is 13.2 Å². The molecule has 90 valence electrons. The van der Waals surface area contributed by atoms with E-state index in [2.05, 4.69) is 5.32 Å². The summed E-state index contributed by atoms with van der Waals surface area (Å²) < 4.78 is 28.0. The minimum absolute atomic E-state index is 0.237. The molecule has 0 aromatic carbocycles. The lowest BCUT2D eigenvalue weighted by Crippen LogP contribution is -2.48. The van der Waals surface area contributed by atoms with Crippen molar-refractivity contribution in [2.75, 3.05) is 26.5 Å². The van der Waals surface area contributed by atoms with Gasteiger partial charge < -0.3 is 15.8 Å². The molecule has 0 aromatic rings. The van der Waals surface area contributed by atoms with Crippen molar-refractivity contribution in [3.8, 4) is 0 Å². The highest BCUT2D eigenvalue weighted by Gasteiger charge is 2.33. The first-order chi connectivity index (χ1) is 6.96. The zero-order chi connectivity index (χ0) is 11.5. The third-order valence-corrected chi connectivity index (χ3v) is 4.20. The summed E-state index contributed by atoms with van der Waals surface area (Å²) in [5.74, 6) is 0.237. The van der Waals surface area contributed by atoms with E-state index in [4.69, 9.17) is 10.5 Å². The maximum Gasteiger partial charge on any atom is 0.165 e. The highest BCUT2D eigenvalue weighted by Crippen LogP contribution is 2.22. The molecular formula is C9H20N2O3S. The van der Waals surface area contributed by atoms with Crippen LogP contribution in [0.2, 0.25) is 0 Å². The molecule has 0 spiro atoms. The number of hydrogen-bond donors (Lipinski definition) is 2. The second kappa shape index (κ2) is 5.25. The van der Waals surface area contributed by atoms with Crippen molar-refractivity contribution in [1.29, 1.82) is 0 Å². The van der Waals surface area contributed by atoms with Crippen LogP contribution in [0.3, 0.4) is 0 Å². The maximum absolute atomic E-state index is 11.4. The molecule has 1 fully saturated rings. The van der Waals surface area contributed by atoms with Gasteiger partial charge in [0, 0.05) is 13.4 Å². The van der Waals surface area contributed by atoms with Gasteiger partial charge in [0.15, 0.2) is 9.84 Å². The lowest BCUT2D eigenvalue weighted by Gasteiger charge is -2.32. The summed E-state index contributed by atoms with van der Waals surface area (Å²) in [5.41, 5.74) is 5.70. The Labute approximate surface area is 91.3 Å². The van der Waals surface area contributed by atoms with Crippen LogP contribution >= 0.6 is 0 Å². The van der Waals surface area contributed by atoms with Crippen molar-refractivity contribution in [1.82, 2.24) is 5.32 Å². The first kappa shape index (κ1) is 12.9. The molecule has 0 bridgehead atoms. The molecule has 0 saturated carbocycles. The smallest absolute Gasteiger partial charge is 0.165 e. The lowest BCUT2D eigenvalue weighted by molar-refractivity contribution is 0.0371. The van der Waals surface area contributed by atoms with Crippen LogP contribution in [-0.4, -0.2) is 46.4 Å². The molecule has 1 saturated heterocycles. The maximum atomic E-state index is 11.4. The topological polar surface area (TPSA) is 81.4 Å². The van der Waals surface area contributed by atoms with Crippen LogP contribution in [0, 0.1) is 5.92 Å². The van der Waals surface area contributed by atoms with Crippen LogP contribution in [0.15, 0.2) is 0 Å². The number of piperidine rings is 1. The SMILES string of the molecule is COC(C1CCNCC1)C(N)S(C)(=O)=O. The fourth-order valence-electron chi connectivity index (χ4n) is 2.01. The zero-order valence-electron chi connectivity index (χ0n) is 9.27. The average molecular weight is 236 g/mol. The fraction of sp³-hybridized carbons (Fsp3) is 1.00. The van der Waals surface area contributed by atoms with Gasteiger partial charge in [-0.2, -0.15) is 0 Å². The predicted molar refractivity (Wildman–Crippen MR) is 59.2 cm³/mol. The Hall–Kier alpha value is -0.170. The van der Waals surface area contributed by atoms with Gasteiger partial charge in [0.2, 0.25) is 0 Å². The largest absolute Gasteiger partial charge is 0.378 e. The highest BCUT2D eigenvalue weighted by molar-refractivity contribution is 7.91. The molecule has 1 rings (SSSR count). The first-order valence-electron chi connectivity index (χ1n) is 5.14. The Kier molecular flexibility index (Phi) is 4.51. The molecule has 15 heavy (non-hydrogen) atoms. The van der Waals surface area contributed by atoms with Gasteiger partial charge in [-0.05, 0) is 31.8 Å². The molecule has 0 aliphatic carbocycles. The third-order valence-electron chi connectivity index (χ3n) is 2.94. The molecule has 1 aliphatic rings. The highest BCUT2D eigenvalue weighted by atomic mass is 32.2. The van der Waals surface area contributed by atoms with E-state index < -0.39 is 15.2 Å². The van der Waals surface area contributed by atoms with Crippen LogP contribution in [0.25, 0.3) is 0 Å². The van der Waals surface area contributed by atoms with Gasteiger partial charge >= 0.3 is 0 Å². The number of ether oxygens (including phenoxy) is 1. The number of hydrogen-bond acceptors (Lipinski definition) is 5. The summed E-state index contributed by atoms with van der Waals surface area (Å²) in [6.45, 7) is 1.81. The van der Waals surface area contributed by atoms with E-state index in [1.54, 1.807) is 0 Å². The molecule has 0 radical (unpaired) electrons. The van der Waals surface area contributed by atoms with Crippen molar-refractivity contribution in [2.24, 2.45) is 11.7 Å². The van der Waals surface area contributed by atoms with Gasteiger partial charge in [0.05, 0.1) is 6.10 Å². The number of nitrogens with two attached hydrogens (primary N) is 1. The van der Waals surface area contributed by atoms with Crippen molar-refractivity contribution in [3.63, 3.8) is 0 Å². The Morgan fingerprint density at radius 2 is 1.93 bits per heavy atom. The molecule has 1 heterocycles. The monoisotopic (exact) mass is 236 g/mol. The first-order valence-corrected chi connectivity index (χ1v) is 7.10. The van der Waals surface area contributed by atoms with Crippen LogP contribution < -0.4 is 11.1 Å². The summed E-state index contributed by atoms with van der Waals surface area (Å²) >= 11 is 0. The van der Waals surface area contributed by atoms with E-state index in [0.717, 1.165) is 32.2 Å². The number of sulfone groups is 1. The van der Waals surface area contributed by atoms with Gasteiger partial charge in [-0.15, -0.1) is 0 Å². The standard InChI is InChI=1S/C9H20N2O3S/c1-14-8(9(10)15(2,12)13)7-3-5-11-6-4-7/h7-9,11H,3-6,10H2,1-2H3. The van der Waals surface area contributed by atoms with E-state index in [9.17, 15) is 8.42 Å². The Morgan fingerprint density at radius 3 is 2.33 bits per heavy atom. The molecule has 6 heteroatoms. The van der Waals surface area contributed by atoms with Gasteiger partial charge in [0.1, 0.15) is 5.37 Å². The van der Waals surface area contributed by atoms with Crippen LogP contribution in [-0.2, 0) is 14.6 Å². The Balaban J connectivity index is 2.69. The molecule has 3 N–H and O–H groups in total. The van der Waals surface area contributed by atoms with Gasteiger partial charge in [-0.25, -0.2) is 8.42 Å². The molecule has 2 unspecified atom stereocenters. The Morgan fingerprint density at radius 1 is 1.40 bits per heavy atom. The summed E-state index contributed by atoms with van der Waals surface area (Å²) in [6.07, 6.45) is 2.61. The van der Waals surface area contributed by atoms with Gasteiger partial charge in [0.25, 0.3) is 0 Å². The summed E-state index contributed by atoms with van der Waals surface area (Å²) in [4.78, 5) is 0. The minimum atomic E-state index is -3.23. The lowest BCUT2D eigenvalue weighted by atomic mass is 9.92. The molecule has 0 amide bonds. The van der Waals surface area contributed by atoms with Crippen molar-refractivity contribution in [2.45, 2.75) is 24.3 Å². The second-order valence-electron chi connectivity index (χ2n) is 4.08. The van der Waals surface area contributed by atoms with E-state index in [1.807, 2.05) is 0 Å². The van der Waals surface area contributed by atoms with Crippen LogP contribution in [0.5, 0.6) is 0 Å². The van der Waals surface area contributed by atoms with E-state index in [1.165, 1.54) is 7.11 Å². The average Bonchev–Trinajstić information content (AvgIpc) is 2.19. The molecule has 0 aromatic heterocycles. The minimum Gasteiger partial charge on any atom is -0.378 e. The van der Waals surface area contributed by atoms with Crippen LogP contribution in [0.1, 0.15) is 12.8 Å². The molecule has 5 nitrogen and oxygen atoms in total. The third kappa shape index (κ3) is 3.41. The molecule has 2 atom stereocenters. The summed E-state index contributed by atoms with van der Waals surface area (Å²) in [5, 5.41) is 2.31. The predicted octanol–water partition coefficient (Wildman–Crippen LogP) is -0.670. The van der Waals surface area contributed by atoms with E-state index in [-0.39, 0.29) is 12.0 Å². The van der Waals surface area contributed by atoms with Gasteiger partial charge in [-0.1, -0.05) is 0 Å². The number of methoxy groups -OCH3 is 1. The molecule has 1 aliphatic heterocycles. The van der Waals surface area contributed by atoms with Crippen molar-refractivity contribution in [3.05, 3.63) is 0 Å². The Bertz CT molecular complexity index is 286.